The molecule has 0 bridgehead atoms. The quantitative estimate of drug-likeness (QED) is 0.835. The summed E-state index contributed by atoms with van der Waals surface area (Å²) in [6.07, 6.45) is 0. The summed E-state index contributed by atoms with van der Waals surface area (Å²) >= 11 is 0. The SMILES string of the molecule is COCc1cc(NC(=O)c2cc(C)n(C(C)C)c2C)cc(C(=O)O)c1. The maximum absolute atomic E-state index is 12.7. The van der Waals surface area contributed by atoms with Crippen molar-refractivity contribution in [1.82, 2.24) is 4.57 Å². The van der Waals surface area contributed by atoms with Crippen LogP contribution in [-0.2, 0) is 11.3 Å². The van der Waals surface area contributed by atoms with Gasteiger partial charge < -0.3 is 19.7 Å². The van der Waals surface area contributed by atoms with E-state index in [1.165, 1.54) is 19.2 Å². The Labute approximate surface area is 147 Å². The van der Waals surface area contributed by atoms with Gasteiger partial charge in [-0.3, -0.25) is 4.79 Å². The minimum Gasteiger partial charge on any atom is -0.478 e. The lowest BCUT2D eigenvalue weighted by Crippen LogP contribution is -2.14. The van der Waals surface area contributed by atoms with E-state index in [9.17, 15) is 14.7 Å². The van der Waals surface area contributed by atoms with Gasteiger partial charge in [-0.05, 0) is 57.5 Å². The van der Waals surface area contributed by atoms with E-state index in [0.29, 0.717) is 16.8 Å². The molecular formula is C19H24N2O4. The number of nitrogens with one attached hydrogen (secondary N) is 1. The van der Waals surface area contributed by atoms with Crippen molar-refractivity contribution < 1.29 is 19.4 Å². The van der Waals surface area contributed by atoms with Crippen molar-refractivity contribution in [2.75, 3.05) is 12.4 Å². The Hall–Kier alpha value is -2.60. The zero-order chi connectivity index (χ0) is 18.7. The number of hydrogen-bond donors (Lipinski definition) is 2. The Balaban J connectivity index is 2.35. The summed E-state index contributed by atoms with van der Waals surface area (Å²) in [6.45, 7) is 8.27. The molecule has 1 amide bonds. The number of carbonyl (C=O) groups is 2. The van der Waals surface area contributed by atoms with Gasteiger partial charge in [0.2, 0.25) is 0 Å². The molecule has 0 atom stereocenters. The predicted octanol–water partition coefficient (Wildman–Crippen LogP) is 3.78. The maximum atomic E-state index is 12.7. The van der Waals surface area contributed by atoms with Gasteiger partial charge in [-0.2, -0.15) is 0 Å². The van der Waals surface area contributed by atoms with E-state index >= 15 is 0 Å². The van der Waals surface area contributed by atoms with Crippen LogP contribution in [0, 0.1) is 13.8 Å². The van der Waals surface area contributed by atoms with Crippen LogP contribution in [0.4, 0.5) is 5.69 Å². The van der Waals surface area contributed by atoms with Crippen LogP contribution < -0.4 is 5.32 Å². The lowest BCUT2D eigenvalue weighted by atomic mass is 10.1. The van der Waals surface area contributed by atoms with E-state index in [0.717, 1.165) is 11.4 Å². The minimum atomic E-state index is -1.05. The fraction of sp³-hybridized carbons (Fsp3) is 0.368. The second-order valence-corrected chi connectivity index (χ2v) is 6.36. The molecular weight excluding hydrogens is 320 g/mol. The van der Waals surface area contributed by atoms with Gasteiger partial charge in [0, 0.05) is 30.2 Å². The smallest absolute Gasteiger partial charge is 0.335 e. The fourth-order valence-electron chi connectivity index (χ4n) is 3.14. The number of carbonyl (C=O) groups excluding carboxylic acids is 1. The van der Waals surface area contributed by atoms with Crippen molar-refractivity contribution in [3.05, 3.63) is 52.3 Å². The maximum Gasteiger partial charge on any atom is 0.335 e. The summed E-state index contributed by atoms with van der Waals surface area (Å²) in [6, 6.07) is 6.80. The number of hydrogen-bond acceptors (Lipinski definition) is 3. The van der Waals surface area contributed by atoms with Gasteiger partial charge in [0.25, 0.3) is 5.91 Å². The standard InChI is InChI=1S/C19H24N2O4/c1-11(2)21-12(3)6-17(13(21)4)18(22)20-16-8-14(10-25-5)7-15(9-16)19(23)24/h6-9,11H,10H2,1-5H3,(H,20,22)(H,23,24). The molecule has 2 N–H and O–H groups in total. The molecule has 0 aliphatic carbocycles. The number of benzene rings is 1. The molecule has 0 spiro atoms. The normalized spacial score (nSPS) is 11.0. The highest BCUT2D eigenvalue weighted by Gasteiger charge is 2.18. The summed E-state index contributed by atoms with van der Waals surface area (Å²) in [5, 5.41) is 12.0. The molecule has 2 aromatic rings. The zero-order valence-electron chi connectivity index (χ0n) is 15.2. The van der Waals surface area contributed by atoms with E-state index in [1.807, 2.05) is 19.9 Å². The fourth-order valence-corrected chi connectivity index (χ4v) is 3.14. The highest BCUT2D eigenvalue weighted by atomic mass is 16.5. The number of carboxylic acid groups (broad SMARTS) is 1. The molecule has 6 heteroatoms. The molecule has 0 radical (unpaired) electrons. The van der Waals surface area contributed by atoms with Crippen LogP contribution in [0.2, 0.25) is 0 Å². The molecule has 0 saturated heterocycles. The van der Waals surface area contributed by atoms with Gasteiger partial charge in [-0.1, -0.05) is 0 Å². The zero-order valence-corrected chi connectivity index (χ0v) is 15.2. The second kappa shape index (κ2) is 7.53. The van der Waals surface area contributed by atoms with Crippen LogP contribution in [0.1, 0.15) is 57.6 Å². The number of anilines is 1. The van der Waals surface area contributed by atoms with Crippen molar-refractivity contribution in [3.8, 4) is 0 Å². The van der Waals surface area contributed by atoms with E-state index in [4.69, 9.17) is 4.74 Å². The van der Waals surface area contributed by atoms with Crippen LogP contribution in [0.15, 0.2) is 24.3 Å². The van der Waals surface area contributed by atoms with Gasteiger partial charge in [0.05, 0.1) is 17.7 Å². The monoisotopic (exact) mass is 344 g/mol. The Morgan fingerprint density at radius 2 is 1.88 bits per heavy atom. The Morgan fingerprint density at radius 3 is 2.40 bits per heavy atom. The summed E-state index contributed by atoms with van der Waals surface area (Å²) in [5.41, 5.74) is 3.71. The third kappa shape index (κ3) is 4.09. The molecule has 1 aromatic carbocycles. The van der Waals surface area contributed by atoms with Crippen molar-refractivity contribution in [3.63, 3.8) is 0 Å². The van der Waals surface area contributed by atoms with Crippen LogP contribution in [0.3, 0.4) is 0 Å². The summed E-state index contributed by atoms with van der Waals surface area (Å²) < 4.78 is 7.16. The number of aromatic carboxylic acids is 1. The van der Waals surface area contributed by atoms with E-state index in [1.54, 1.807) is 6.07 Å². The molecule has 1 heterocycles. The largest absolute Gasteiger partial charge is 0.478 e. The highest BCUT2D eigenvalue weighted by Crippen LogP contribution is 2.22. The molecule has 0 saturated carbocycles. The van der Waals surface area contributed by atoms with Crippen LogP contribution in [0.5, 0.6) is 0 Å². The molecule has 0 unspecified atom stereocenters. The molecule has 134 valence electrons. The second-order valence-electron chi connectivity index (χ2n) is 6.36. The first-order valence-corrected chi connectivity index (χ1v) is 8.10. The number of rotatable bonds is 6. The first kappa shape index (κ1) is 18.7. The Morgan fingerprint density at radius 1 is 1.20 bits per heavy atom. The summed E-state index contributed by atoms with van der Waals surface area (Å²) in [4.78, 5) is 24.0. The molecule has 1 aromatic heterocycles. The van der Waals surface area contributed by atoms with Crippen molar-refractivity contribution >= 4 is 17.6 Å². The lowest BCUT2D eigenvalue weighted by molar-refractivity contribution is 0.0696. The van der Waals surface area contributed by atoms with Crippen molar-refractivity contribution in [2.24, 2.45) is 0 Å². The van der Waals surface area contributed by atoms with Crippen molar-refractivity contribution in [2.45, 2.75) is 40.3 Å². The van der Waals surface area contributed by atoms with E-state index in [-0.39, 0.29) is 24.1 Å². The number of ether oxygens (including phenoxy) is 1. The van der Waals surface area contributed by atoms with E-state index in [2.05, 4.69) is 23.7 Å². The van der Waals surface area contributed by atoms with Gasteiger partial charge >= 0.3 is 5.97 Å². The lowest BCUT2D eigenvalue weighted by Gasteiger charge is -2.14. The number of aryl methyl sites for hydroxylation is 1. The average Bonchev–Trinajstić information content (AvgIpc) is 2.82. The summed E-state index contributed by atoms with van der Waals surface area (Å²) in [7, 11) is 1.53. The Kier molecular flexibility index (Phi) is 5.64. The van der Waals surface area contributed by atoms with Gasteiger partial charge in [-0.25, -0.2) is 4.79 Å². The number of carboxylic acids is 1. The van der Waals surface area contributed by atoms with Gasteiger partial charge in [0.1, 0.15) is 0 Å². The van der Waals surface area contributed by atoms with Gasteiger partial charge in [0.15, 0.2) is 0 Å². The molecule has 25 heavy (non-hydrogen) atoms. The van der Waals surface area contributed by atoms with Crippen LogP contribution >= 0.6 is 0 Å². The molecule has 0 aliphatic heterocycles. The number of nitrogens with zero attached hydrogens (tertiary/aromatic N) is 1. The Bertz CT molecular complexity index is 806. The summed E-state index contributed by atoms with van der Waals surface area (Å²) in [5.74, 6) is -1.31. The van der Waals surface area contributed by atoms with Gasteiger partial charge in [-0.15, -0.1) is 0 Å². The third-order valence-corrected chi connectivity index (χ3v) is 4.05. The first-order valence-electron chi connectivity index (χ1n) is 8.10. The van der Waals surface area contributed by atoms with Crippen molar-refractivity contribution in [1.29, 1.82) is 0 Å². The average molecular weight is 344 g/mol. The molecule has 6 nitrogen and oxygen atoms in total. The number of methoxy groups -OCH3 is 1. The minimum absolute atomic E-state index is 0.109. The molecule has 2 rings (SSSR count). The van der Waals surface area contributed by atoms with E-state index < -0.39 is 5.97 Å². The highest BCUT2D eigenvalue weighted by molar-refractivity contribution is 6.06. The third-order valence-electron chi connectivity index (χ3n) is 4.05. The topological polar surface area (TPSA) is 80.6 Å². The molecule has 0 fully saturated rings. The van der Waals surface area contributed by atoms with Crippen LogP contribution in [-0.4, -0.2) is 28.7 Å². The predicted molar refractivity (Wildman–Crippen MR) is 96.4 cm³/mol. The molecule has 0 aliphatic rings. The van der Waals surface area contributed by atoms with Crippen LogP contribution in [0.25, 0.3) is 0 Å². The number of aromatic nitrogens is 1. The number of amides is 1. The first-order chi connectivity index (χ1) is 11.7.